The fraction of sp³-hybridized carbons (Fsp3) is 0.750. The Morgan fingerprint density at radius 3 is 1.05 bits per heavy atom. The number of likely N-dealkylation sites (N-methyl/N-ethyl adjacent to an activating group) is 1. The van der Waals surface area contributed by atoms with Crippen LogP contribution in [0.25, 0.3) is 0 Å². The zero-order valence-corrected chi connectivity index (χ0v) is 19.2. The molecule has 0 spiro atoms. The Morgan fingerprint density at radius 1 is 0.900 bits per heavy atom. The first-order valence-electron chi connectivity index (χ1n) is 3.45. The number of aliphatic carboxylic acids is 1. The van der Waals surface area contributed by atoms with E-state index in [1.165, 1.54) is 0 Å². The third-order valence-corrected chi connectivity index (χ3v) is 0.451. The van der Waals surface area contributed by atoms with E-state index >= 15 is 0 Å². The van der Waals surface area contributed by atoms with Crippen LogP contribution in [0.3, 0.4) is 0 Å². The third kappa shape index (κ3) is 162. The van der Waals surface area contributed by atoms with Crippen molar-refractivity contribution in [3.8, 4) is 0 Å². The quantitative estimate of drug-likeness (QED) is 0.331. The fourth-order valence-electron chi connectivity index (χ4n) is 0.271. The maximum Gasteiger partial charge on any atom is 2.00 e. The molecule has 0 heterocycles. The van der Waals surface area contributed by atoms with Crippen LogP contribution in [0.4, 0.5) is 0 Å². The minimum absolute atomic E-state index is 0. The zero-order valence-electron chi connectivity index (χ0n) is 10.8. The first-order chi connectivity index (χ1) is 7.13. The molecule has 0 amide bonds. The molecule has 0 atom stereocenters. The van der Waals surface area contributed by atoms with E-state index in [2.05, 4.69) is 0 Å². The molecule has 106 valence electrons. The number of carboxylic acids is 1. The molecule has 0 saturated heterocycles. The van der Waals surface area contributed by atoms with Crippen LogP contribution in [0.1, 0.15) is 0 Å². The van der Waals surface area contributed by atoms with Crippen LogP contribution in [0.5, 0.6) is 0 Å². The summed E-state index contributed by atoms with van der Waals surface area (Å²) < 4.78 is 17.1. The van der Waals surface area contributed by atoms with Crippen molar-refractivity contribution in [1.29, 1.82) is 0 Å². The summed E-state index contributed by atoms with van der Waals surface area (Å²) in [7, 11) is -7.35. The molecule has 0 rings (SSSR count). The molecule has 0 aliphatic heterocycles. The van der Waals surface area contributed by atoms with Gasteiger partial charge in [0, 0.05) is 0 Å². The van der Waals surface area contributed by atoms with Crippen LogP contribution in [0, 0.1) is 0 Å². The molecule has 0 fully saturated rings. The van der Waals surface area contributed by atoms with Crippen molar-refractivity contribution in [2.75, 3.05) is 20.6 Å². The summed E-state index contributed by atoms with van der Waals surface area (Å²) in [5.41, 5.74) is 0. The largest absolute Gasteiger partial charge is 2.00 e. The molecule has 0 saturated carbocycles. The van der Waals surface area contributed by atoms with Crippen LogP contribution in [-0.2, 0) is 13.9 Å². The Hall–Kier alpha value is 3.43. The van der Waals surface area contributed by atoms with E-state index in [0.29, 0.717) is 0 Å². The fourth-order valence-corrected chi connectivity index (χ4v) is 0.271. The minimum Gasteiger partial charge on any atom is -0.822 e. The summed E-state index contributed by atoms with van der Waals surface area (Å²) >= 11 is 0. The summed E-state index contributed by atoms with van der Waals surface area (Å²) in [6, 6.07) is 0. The van der Waals surface area contributed by atoms with E-state index in [4.69, 9.17) is 43.6 Å². The molecule has 0 aromatic carbocycles. The number of nitrogens with zero attached hydrogens (tertiary/aromatic N) is 1. The van der Waals surface area contributed by atoms with E-state index in [1.54, 1.807) is 19.0 Å². The van der Waals surface area contributed by atoms with Crippen molar-refractivity contribution in [1.82, 2.24) is 4.90 Å². The van der Waals surface area contributed by atoms with E-state index in [0.717, 1.165) is 0 Å². The van der Waals surface area contributed by atoms with Crippen molar-refractivity contribution < 1.29 is 48.4 Å². The Labute approximate surface area is 205 Å². The minimum atomic E-state index is -5.39. The van der Waals surface area contributed by atoms with Gasteiger partial charge in [-0.15, -0.1) is 0 Å². The molecule has 0 aromatic heterocycles. The Morgan fingerprint density at radius 2 is 1.05 bits per heavy atom. The standard InChI is InChI=1S/C4H9NO2.3Ca.2H3O4P/c1-5(2)3-4(6)7;;;;2*1-5(2,3)4/h3H2,1-2H3,(H,6,7);;;;2*(H3,1,2,3,4)/q;3*+2;;/p-6. The van der Waals surface area contributed by atoms with Gasteiger partial charge in [0.2, 0.25) is 0 Å². The smallest absolute Gasteiger partial charge is 0.822 e. The van der Waals surface area contributed by atoms with Gasteiger partial charge in [-0.05, 0) is 14.1 Å². The maximum atomic E-state index is 9.77. The van der Waals surface area contributed by atoms with Gasteiger partial charge in [-0.25, -0.2) is 0 Å². The third-order valence-electron chi connectivity index (χ3n) is 0.451. The second-order valence-corrected chi connectivity index (χ2v) is 4.31. The molecule has 0 bridgehead atoms. The Bertz CT molecular complexity index is 266. The van der Waals surface area contributed by atoms with Gasteiger partial charge in [-0.2, -0.15) is 15.6 Å². The van der Waals surface area contributed by atoms with Crippen LogP contribution in [0.2, 0.25) is 0 Å². The van der Waals surface area contributed by atoms with E-state index in [-0.39, 0.29) is 120 Å². The molecule has 0 unspecified atom stereocenters. The summed E-state index contributed by atoms with van der Waals surface area (Å²) in [4.78, 5) is 62.7. The van der Waals surface area contributed by atoms with Gasteiger partial charge >= 0.3 is 119 Å². The summed E-state index contributed by atoms with van der Waals surface area (Å²) in [6.07, 6.45) is 0. The van der Waals surface area contributed by atoms with Crippen LogP contribution in [0.15, 0.2) is 0 Å². The van der Waals surface area contributed by atoms with Crippen molar-refractivity contribution in [3.63, 3.8) is 0 Å². The summed E-state index contributed by atoms with van der Waals surface area (Å²) in [5.74, 6) is -0.787. The molecule has 0 aromatic rings. The predicted octanol–water partition coefficient (Wildman–Crippen LogP) is -7.16. The molecular formula is C4H9Ca3NO10P2. The maximum absolute atomic E-state index is 9.77. The second kappa shape index (κ2) is 20.5. The number of phosphoric acid groups is 2. The SMILES string of the molecule is CN(C)CC(=O)O.O=P([O-])([O-])[O-].O=P([O-])([O-])[O-].[Ca+2].[Ca+2].[Ca+2]. The first-order valence-corrected chi connectivity index (χ1v) is 6.37. The Balaban J connectivity index is -0.0000000348. The van der Waals surface area contributed by atoms with Gasteiger partial charge in [0.25, 0.3) is 0 Å². The van der Waals surface area contributed by atoms with Gasteiger partial charge < -0.3 is 43.6 Å². The van der Waals surface area contributed by atoms with Crippen molar-refractivity contribution in [2.24, 2.45) is 0 Å². The average Bonchev–Trinajstić information content (AvgIpc) is 1.71. The van der Waals surface area contributed by atoms with Gasteiger partial charge in [0.15, 0.2) is 0 Å². The van der Waals surface area contributed by atoms with Crippen molar-refractivity contribution >= 4 is 135 Å². The molecule has 0 aliphatic carbocycles. The normalized spacial score (nSPS) is 9.25. The van der Waals surface area contributed by atoms with Gasteiger partial charge in [0.05, 0.1) is 6.54 Å². The molecule has 20 heavy (non-hydrogen) atoms. The topological polar surface area (TPSA) is 213 Å². The van der Waals surface area contributed by atoms with Gasteiger partial charge in [-0.3, -0.25) is 9.69 Å². The van der Waals surface area contributed by atoms with Crippen LogP contribution < -0.4 is 29.4 Å². The first kappa shape index (κ1) is 38.8. The monoisotopic (exact) mass is 413 g/mol. The predicted molar refractivity (Wildman–Crippen MR) is 58.7 cm³/mol. The number of rotatable bonds is 2. The van der Waals surface area contributed by atoms with Gasteiger partial charge in [0.1, 0.15) is 0 Å². The Kier molecular flexibility index (Phi) is 39.7. The van der Waals surface area contributed by atoms with E-state index in [9.17, 15) is 4.79 Å². The van der Waals surface area contributed by atoms with E-state index < -0.39 is 21.6 Å². The summed E-state index contributed by atoms with van der Waals surface area (Å²) in [6.45, 7) is 0.111. The molecule has 11 nitrogen and oxygen atoms in total. The summed E-state index contributed by atoms with van der Waals surface area (Å²) in [5, 5.41) is 8.04. The number of hydrogen-bond acceptors (Lipinski definition) is 10. The number of hydrogen-bond donors (Lipinski definition) is 1. The number of carboxylic acid groups (broad SMARTS) is 1. The van der Waals surface area contributed by atoms with Crippen LogP contribution >= 0.6 is 15.6 Å². The zero-order chi connectivity index (χ0) is 14.9. The average molecular weight is 413 g/mol. The van der Waals surface area contributed by atoms with Crippen molar-refractivity contribution in [3.05, 3.63) is 0 Å². The van der Waals surface area contributed by atoms with E-state index in [1.807, 2.05) is 0 Å². The molecule has 0 radical (unpaired) electrons. The molecule has 0 aliphatic rings. The molecular weight excluding hydrogens is 404 g/mol. The van der Waals surface area contributed by atoms with Crippen molar-refractivity contribution in [2.45, 2.75) is 0 Å². The van der Waals surface area contributed by atoms with Crippen LogP contribution in [-0.4, -0.2) is 150 Å². The van der Waals surface area contributed by atoms with Gasteiger partial charge in [-0.1, -0.05) is 0 Å². The second-order valence-electron chi connectivity index (χ2n) is 2.53. The number of carbonyl (C=O) groups is 1. The molecule has 16 heteroatoms. The molecule has 1 N–H and O–H groups in total.